The number of nitrogens with one attached hydrogen (secondary N) is 1. The predicted molar refractivity (Wildman–Crippen MR) is 148 cm³/mol. The number of carbonyl (C=O) groups is 2. The monoisotopic (exact) mass is 549 g/mol. The van der Waals surface area contributed by atoms with Crippen molar-refractivity contribution < 1.29 is 28.2 Å². The molecule has 9 nitrogen and oxygen atoms in total. The van der Waals surface area contributed by atoms with Gasteiger partial charge in [0.25, 0.3) is 15.9 Å². The van der Waals surface area contributed by atoms with Crippen LogP contribution >= 0.6 is 0 Å². The Morgan fingerprint density at radius 1 is 1.05 bits per heavy atom. The summed E-state index contributed by atoms with van der Waals surface area (Å²) in [5.74, 6) is -1.16. The zero-order valence-electron chi connectivity index (χ0n) is 22.2. The van der Waals surface area contributed by atoms with Gasteiger partial charge in [-0.15, -0.1) is 0 Å². The van der Waals surface area contributed by atoms with E-state index in [0.717, 1.165) is 40.8 Å². The van der Waals surface area contributed by atoms with E-state index in [1.165, 1.54) is 19.9 Å². The van der Waals surface area contributed by atoms with Crippen molar-refractivity contribution in [2.75, 3.05) is 0 Å². The summed E-state index contributed by atoms with van der Waals surface area (Å²) in [6, 6.07) is 17.0. The standard InChI is InChI=1S/C29H31N3O6S/c1-5-8-25-30-26-18(2)15-21(27(33)34)16-23(26)32(25)17-19-11-13-20(14-12-19)22-9-6-7-10-24(22)39(37,38)31-28(35)29(3,4)36/h6-7,9-16,36H,5,8,17H2,1-4H3,(H,31,35)(H,33,34). The van der Waals surface area contributed by atoms with Crippen LogP contribution in [-0.4, -0.2) is 45.7 Å². The first kappa shape index (κ1) is 28.0. The second kappa shape index (κ2) is 10.6. The Labute approximate surface area is 227 Å². The van der Waals surface area contributed by atoms with E-state index < -0.39 is 27.5 Å². The molecule has 0 saturated carbocycles. The highest BCUT2D eigenvalue weighted by atomic mass is 32.2. The molecule has 4 aromatic rings. The first-order valence-corrected chi connectivity index (χ1v) is 14.0. The number of aromatic carboxylic acids is 1. The number of carboxylic acids is 1. The van der Waals surface area contributed by atoms with E-state index in [0.29, 0.717) is 17.7 Å². The third-order valence-corrected chi connectivity index (χ3v) is 7.80. The Kier molecular flexibility index (Phi) is 7.63. The number of carbonyl (C=O) groups excluding carboxylic acids is 1. The number of imidazole rings is 1. The molecule has 0 spiro atoms. The van der Waals surface area contributed by atoms with E-state index >= 15 is 0 Å². The second-order valence-electron chi connectivity index (χ2n) is 10.0. The van der Waals surface area contributed by atoms with E-state index in [1.54, 1.807) is 42.5 Å². The van der Waals surface area contributed by atoms with E-state index in [9.17, 15) is 28.2 Å². The molecule has 3 aromatic carbocycles. The Balaban J connectivity index is 1.70. The molecule has 3 N–H and O–H groups in total. The molecule has 0 atom stereocenters. The molecule has 4 rings (SSSR count). The van der Waals surface area contributed by atoms with Crippen LogP contribution in [-0.2, 0) is 27.8 Å². The minimum Gasteiger partial charge on any atom is -0.478 e. The zero-order valence-corrected chi connectivity index (χ0v) is 23.0. The Morgan fingerprint density at radius 3 is 2.33 bits per heavy atom. The summed E-state index contributed by atoms with van der Waals surface area (Å²) in [4.78, 5) is 28.5. The van der Waals surface area contributed by atoms with E-state index in [2.05, 4.69) is 6.92 Å². The highest BCUT2D eigenvalue weighted by Gasteiger charge is 2.30. The minimum atomic E-state index is -4.24. The second-order valence-corrected chi connectivity index (χ2v) is 11.7. The maximum atomic E-state index is 13.0. The number of hydrogen-bond donors (Lipinski definition) is 3. The first-order valence-electron chi connectivity index (χ1n) is 12.5. The van der Waals surface area contributed by atoms with Crippen molar-refractivity contribution in [2.24, 2.45) is 0 Å². The lowest BCUT2D eigenvalue weighted by atomic mass is 10.0. The third kappa shape index (κ3) is 5.86. The van der Waals surface area contributed by atoms with Crippen molar-refractivity contribution in [3.8, 4) is 11.1 Å². The van der Waals surface area contributed by atoms with E-state index in [1.807, 2.05) is 28.3 Å². The van der Waals surface area contributed by atoms with Crippen LogP contribution in [0.2, 0.25) is 0 Å². The molecule has 39 heavy (non-hydrogen) atoms. The minimum absolute atomic E-state index is 0.0853. The summed E-state index contributed by atoms with van der Waals surface area (Å²) in [6.07, 6.45) is 1.61. The maximum absolute atomic E-state index is 13.0. The van der Waals surface area contributed by atoms with Gasteiger partial charge < -0.3 is 14.8 Å². The number of aromatic nitrogens is 2. The molecular formula is C29H31N3O6S. The number of amides is 1. The van der Waals surface area contributed by atoms with Crippen molar-refractivity contribution >= 4 is 32.9 Å². The summed E-state index contributed by atoms with van der Waals surface area (Å²) in [7, 11) is -4.24. The quantitative estimate of drug-likeness (QED) is 0.283. The van der Waals surface area contributed by atoms with Gasteiger partial charge in [0.2, 0.25) is 0 Å². The highest BCUT2D eigenvalue weighted by molar-refractivity contribution is 7.90. The lowest BCUT2D eigenvalue weighted by Gasteiger charge is -2.18. The highest BCUT2D eigenvalue weighted by Crippen LogP contribution is 2.29. The number of sulfonamides is 1. The topological polar surface area (TPSA) is 139 Å². The molecule has 0 bridgehead atoms. The number of aryl methyl sites for hydroxylation is 2. The normalized spacial score (nSPS) is 12.0. The molecule has 1 aromatic heterocycles. The van der Waals surface area contributed by atoms with Gasteiger partial charge >= 0.3 is 5.97 Å². The van der Waals surface area contributed by atoms with Crippen molar-refractivity contribution in [2.45, 2.75) is 57.6 Å². The van der Waals surface area contributed by atoms with Crippen LogP contribution in [0, 0.1) is 6.92 Å². The van der Waals surface area contributed by atoms with Crippen LogP contribution in [0.4, 0.5) is 0 Å². The smallest absolute Gasteiger partial charge is 0.335 e. The molecular weight excluding hydrogens is 518 g/mol. The van der Waals surface area contributed by atoms with Crippen molar-refractivity contribution in [3.05, 3.63) is 83.2 Å². The fourth-order valence-corrected chi connectivity index (χ4v) is 5.71. The summed E-state index contributed by atoms with van der Waals surface area (Å²) >= 11 is 0. The van der Waals surface area contributed by atoms with Gasteiger partial charge in [-0.3, -0.25) is 4.79 Å². The Bertz CT molecular complexity index is 1670. The first-order chi connectivity index (χ1) is 18.3. The van der Waals surface area contributed by atoms with Gasteiger partial charge in [-0.25, -0.2) is 22.9 Å². The molecule has 0 aliphatic rings. The Morgan fingerprint density at radius 2 is 1.72 bits per heavy atom. The number of benzene rings is 3. The van der Waals surface area contributed by atoms with Gasteiger partial charge in [0, 0.05) is 18.5 Å². The number of fused-ring (bicyclic) bond motifs is 1. The van der Waals surface area contributed by atoms with Gasteiger partial charge in [-0.1, -0.05) is 49.4 Å². The van der Waals surface area contributed by atoms with Crippen LogP contribution in [0.1, 0.15) is 54.5 Å². The van der Waals surface area contributed by atoms with Gasteiger partial charge in [-0.05, 0) is 62.1 Å². The van der Waals surface area contributed by atoms with E-state index in [-0.39, 0.29) is 10.5 Å². The van der Waals surface area contributed by atoms with Crippen molar-refractivity contribution in [1.29, 1.82) is 0 Å². The number of carboxylic acid groups (broad SMARTS) is 1. The number of nitrogens with zero attached hydrogens (tertiary/aromatic N) is 2. The van der Waals surface area contributed by atoms with E-state index in [4.69, 9.17) is 4.98 Å². The van der Waals surface area contributed by atoms with Gasteiger partial charge in [0.1, 0.15) is 11.4 Å². The third-order valence-electron chi connectivity index (χ3n) is 6.41. The average Bonchev–Trinajstić information content (AvgIpc) is 3.21. The summed E-state index contributed by atoms with van der Waals surface area (Å²) < 4.78 is 30.0. The van der Waals surface area contributed by atoms with Crippen LogP contribution in [0.3, 0.4) is 0 Å². The predicted octanol–water partition coefficient (Wildman–Crippen LogP) is 4.29. The van der Waals surface area contributed by atoms with Gasteiger partial charge in [-0.2, -0.15) is 0 Å². The molecule has 0 aliphatic heterocycles. The fraction of sp³-hybridized carbons (Fsp3) is 0.276. The van der Waals surface area contributed by atoms with Crippen LogP contribution in [0.15, 0.2) is 65.6 Å². The van der Waals surface area contributed by atoms with Gasteiger partial charge in [0.15, 0.2) is 0 Å². The summed E-state index contributed by atoms with van der Waals surface area (Å²) in [6.45, 7) is 6.79. The fourth-order valence-electron chi connectivity index (χ4n) is 4.37. The molecule has 0 saturated heterocycles. The maximum Gasteiger partial charge on any atom is 0.335 e. The van der Waals surface area contributed by atoms with Crippen LogP contribution < -0.4 is 4.72 Å². The molecule has 0 aliphatic carbocycles. The van der Waals surface area contributed by atoms with Gasteiger partial charge in [0.05, 0.1) is 21.5 Å². The van der Waals surface area contributed by atoms with Crippen molar-refractivity contribution in [3.63, 3.8) is 0 Å². The summed E-state index contributed by atoms with van der Waals surface area (Å²) in [5.41, 5.74) is 2.61. The zero-order chi connectivity index (χ0) is 28.5. The number of rotatable bonds is 9. The van der Waals surface area contributed by atoms with Crippen LogP contribution in [0.5, 0.6) is 0 Å². The molecule has 0 fully saturated rings. The number of hydrogen-bond acceptors (Lipinski definition) is 6. The average molecular weight is 550 g/mol. The lowest BCUT2D eigenvalue weighted by molar-refractivity contribution is -0.134. The molecule has 0 unspecified atom stereocenters. The SMILES string of the molecule is CCCc1nc2c(C)cc(C(=O)O)cc2n1Cc1ccc(-c2ccccc2S(=O)(=O)NC(=O)C(C)(C)O)cc1. The molecule has 1 amide bonds. The molecule has 204 valence electrons. The summed E-state index contributed by atoms with van der Waals surface area (Å²) in [5, 5.41) is 19.4. The lowest BCUT2D eigenvalue weighted by Crippen LogP contribution is -2.44. The number of aliphatic hydroxyl groups is 1. The van der Waals surface area contributed by atoms with Crippen molar-refractivity contribution in [1.82, 2.24) is 14.3 Å². The molecule has 10 heteroatoms. The Hall–Kier alpha value is -4.02. The largest absolute Gasteiger partial charge is 0.478 e. The van der Waals surface area contributed by atoms with Crippen LogP contribution in [0.25, 0.3) is 22.2 Å². The molecule has 1 heterocycles. The molecule has 0 radical (unpaired) electrons.